The number of aliphatic hydroxyl groups is 1. The number of rotatable bonds is 11. The van der Waals surface area contributed by atoms with Crippen molar-refractivity contribution in [1.82, 2.24) is 9.97 Å². The van der Waals surface area contributed by atoms with E-state index in [2.05, 4.69) is 20.7 Å². The SMILES string of the molecule is CCOCc1nc(NN)cc(NCCCOCCO)n1. The van der Waals surface area contributed by atoms with E-state index in [1.165, 1.54) is 0 Å². The Morgan fingerprint density at radius 3 is 2.75 bits per heavy atom. The monoisotopic (exact) mass is 285 g/mol. The van der Waals surface area contributed by atoms with Crippen LogP contribution in [0.5, 0.6) is 0 Å². The molecule has 8 nitrogen and oxygen atoms in total. The Kier molecular flexibility index (Phi) is 8.56. The van der Waals surface area contributed by atoms with Crippen LogP contribution in [0.2, 0.25) is 0 Å². The summed E-state index contributed by atoms with van der Waals surface area (Å²) >= 11 is 0. The van der Waals surface area contributed by atoms with Crippen molar-refractivity contribution in [3.63, 3.8) is 0 Å². The first-order valence-electron chi connectivity index (χ1n) is 6.65. The molecule has 0 aliphatic rings. The second-order valence-electron chi connectivity index (χ2n) is 3.95. The predicted octanol–water partition coefficient (Wildman–Crippen LogP) is 0.110. The smallest absolute Gasteiger partial charge is 0.158 e. The number of hydrogen-bond donors (Lipinski definition) is 4. The van der Waals surface area contributed by atoms with E-state index < -0.39 is 0 Å². The number of nitrogens with two attached hydrogens (primary N) is 1. The highest BCUT2D eigenvalue weighted by Gasteiger charge is 2.04. The Morgan fingerprint density at radius 2 is 2.05 bits per heavy atom. The van der Waals surface area contributed by atoms with Gasteiger partial charge in [-0.05, 0) is 13.3 Å². The third kappa shape index (κ3) is 6.62. The van der Waals surface area contributed by atoms with Gasteiger partial charge in [0.1, 0.15) is 18.2 Å². The molecule has 8 heteroatoms. The van der Waals surface area contributed by atoms with E-state index in [-0.39, 0.29) is 6.61 Å². The van der Waals surface area contributed by atoms with Crippen LogP contribution in [0.1, 0.15) is 19.2 Å². The molecule has 0 saturated carbocycles. The number of nitrogen functional groups attached to an aromatic ring is 1. The Morgan fingerprint density at radius 1 is 1.25 bits per heavy atom. The number of ether oxygens (including phenoxy) is 2. The predicted molar refractivity (Wildman–Crippen MR) is 76.2 cm³/mol. The molecule has 0 aliphatic carbocycles. The number of nitrogens with zero attached hydrogens (tertiary/aromatic N) is 2. The first-order chi connectivity index (χ1) is 9.80. The molecule has 0 aromatic carbocycles. The van der Waals surface area contributed by atoms with Crippen molar-refractivity contribution in [1.29, 1.82) is 0 Å². The average Bonchev–Trinajstić information content (AvgIpc) is 2.48. The van der Waals surface area contributed by atoms with Gasteiger partial charge in [0.2, 0.25) is 0 Å². The van der Waals surface area contributed by atoms with Crippen molar-refractivity contribution in [2.75, 3.05) is 43.7 Å². The van der Waals surface area contributed by atoms with E-state index in [1.807, 2.05) is 6.92 Å². The highest BCUT2D eigenvalue weighted by atomic mass is 16.5. The summed E-state index contributed by atoms with van der Waals surface area (Å²) in [5, 5.41) is 11.7. The van der Waals surface area contributed by atoms with Gasteiger partial charge < -0.3 is 25.3 Å². The number of anilines is 2. The van der Waals surface area contributed by atoms with Crippen LogP contribution in [-0.4, -0.2) is 48.0 Å². The molecule has 1 aromatic rings. The molecule has 0 unspecified atom stereocenters. The molecule has 0 atom stereocenters. The van der Waals surface area contributed by atoms with Crippen molar-refractivity contribution in [2.24, 2.45) is 5.84 Å². The molecule has 0 amide bonds. The van der Waals surface area contributed by atoms with Gasteiger partial charge in [0.15, 0.2) is 5.82 Å². The van der Waals surface area contributed by atoms with Crippen LogP contribution in [-0.2, 0) is 16.1 Å². The van der Waals surface area contributed by atoms with E-state index >= 15 is 0 Å². The summed E-state index contributed by atoms with van der Waals surface area (Å²) in [5.74, 6) is 7.16. The minimum Gasteiger partial charge on any atom is -0.394 e. The molecule has 5 N–H and O–H groups in total. The van der Waals surface area contributed by atoms with Gasteiger partial charge in [0.25, 0.3) is 0 Å². The molecule has 0 bridgehead atoms. The summed E-state index contributed by atoms with van der Waals surface area (Å²) < 4.78 is 10.4. The zero-order valence-corrected chi connectivity index (χ0v) is 11.8. The highest BCUT2D eigenvalue weighted by Crippen LogP contribution is 2.11. The summed E-state index contributed by atoms with van der Waals surface area (Å²) in [6.45, 7) is 4.58. The fourth-order valence-electron chi connectivity index (χ4n) is 1.48. The maximum atomic E-state index is 8.57. The van der Waals surface area contributed by atoms with Gasteiger partial charge in [0.05, 0.1) is 13.2 Å². The standard InChI is InChI=1S/C12H23N5O3/c1-2-19-9-12-15-10(8-11(16-12)17-13)14-4-3-6-20-7-5-18/h8,18H,2-7,9,13H2,1H3,(H2,14,15,16,17). The lowest BCUT2D eigenvalue weighted by atomic mass is 10.4. The number of aromatic nitrogens is 2. The molecule has 1 rings (SSSR count). The zero-order chi connectivity index (χ0) is 14.6. The molecule has 1 aromatic heterocycles. The zero-order valence-electron chi connectivity index (χ0n) is 11.8. The van der Waals surface area contributed by atoms with Gasteiger partial charge in [-0.3, -0.25) is 0 Å². The maximum Gasteiger partial charge on any atom is 0.158 e. The van der Waals surface area contributed by atoms with Crippen molar-refractivity contribution in [3.8, 4) is 0 Å². The Hall–Kier alpha value is -1.48. The Labute approximate surface area is 118 Å². The van der Waals surface area contributed by atoms with E-state index in [4.69, 9.17) is 20.4 Å². The maximum absolute atomic E-state index is 8.57. The van der Waals surface area contributed by atoms with Crippen LogP contribution in [0.3, 0.4) is 0 Å². The highest BCUT2D eigenvalue weighted by molar-refractivity contribution is 5.46. The van der Waals surface area contributed by atoms with Crippen LogP contribution in [0.4, 0.5) is 11.6 Å². The van der Waals surface area contributed by atoms with Gasteiger partial charge >= 0.3 is 0 Å². The van der Waals surface area contributed by atoms with Crippen molar-refractivity contribution in [3.05, 3.63) is 11.9 Å². The molecule has 0 aliphatic heterocycles. The summed E-state index contributed by atoms with van der Waals surface area (Å²) in [7, 11) is 0. The van der Waals surface area contributed by atoms with Crippen LogP contribution in [0.15, 0.2) is 6.07 Å². The van der Waals surface area contributed by atoms with Crippen LogP contribution in [0, 0.1) is 0 Å². The summed E-state index contributed by atoms with van der Waals surface area (Å²) in [6.07, 6.45) is 0.816. The van der Waals surface area contributed by atoms with Gasteiger partial charge in [-0.2, -0.15) is 0 Å². The fraction of sp³-hybridized carbons (Fsp3) is 0.667. The minimum absolute atomic E-state index is 0.0473. The van der Waals surface area contributed by atoms with Gasteiger partial charge in [-0.15, -0.1) is 0 Å². The number of hydrogen-bond acceptors (Lipinski definition) is 8. The number of aliphatic hydroxyl groups excluding tert-OH is 1. The topological polar surface area (TPSA) is 115 Å². The molecular weight excluding hydrogens is 262 g/mol. The second kappa shape index (κ2) is 10.3. The second-order valence-corrected chi connectivity index (χ2v) is 3.95. The lowest BCUT2D eigenvalue weighted by molar-refractivity contribution is 0.0922. The number of nitrogens with one attached hydrogen (secondary N) is 2. The molecule has 0 fully saturated rings. The molecule has 0 radical (unpaired) electrons. The molecular formula is C12H23N5O3. The minimum atomic E-state index is 0.0473. The van der Waals surface area contributed by atoms with Gasteiger partial charge in [-0.25, -0.2) is 15.8 Å². The van der Waals surface area contributed by atoms with Crippen LogP contribution < -0.4 is 16.6 Å². The number of hydrazine groups is 1. The third-order valence-corrected chi connectivity index (χ3v) is 2.36. The molecule has 0 spiro atoms. The Bertz CT molecular complexity index is 378. The van der Waals surface area contributed by atoms with Crippen molar-refractivity contribution >= 4 is 11.6 Å². The summed E-state index contributed by atoms with van der Waals surface area (Å²) in [6, 6.07) is 1.73. The van der Waals surface area contributed by atoms with Crippen molar-refractivity contribution in [2.45, 2.75) is 20.0 Å². The van der Waals surface area contributed by atoms with E-state index in [0.717, 1.165) is 6.42 Å². The van der Waals surface area contributed by atoms with E-state index in [9.17, 15) is 0 Å². The first-order valence-corrected chi connectivity index (χ1v) is 6.65. The average molecular weight is 285 g/mol. The first kappa shape index (κ1) is 16.6. The quantitative estimate of drug-likeness (QED) is 0.257. The fourth-order valence-corrected chi connectivity index (χ4v) is 1.48. The van der Waals surface area contributed by atoms with Crippen LogP contribution in [0.25, 0.3) is 0 Å². The lowest BCUT2D eigenvalue weighted by Crippen LogP contribution is -2.14. The molecule has 114 valence electrons. The van der Waals surface area contributed by atoms with Gasteiger partial charge in [0, 0.05) is 25.8 Å². The van der Waals surface area contributed by atoms with Crippen molar-refractivity contribution < 1.29 is 14.6 Å². The van der Waals surface area contributed by atoms with E-state index in [1.54, 1.807) is 6.07 Å². The largest absolute Gasteiger partial charge is 0.394 e. The normalized spacial score (nSPS) is 10.6. The molecule has 1 heterocycles. The third-order valence-electron chi connectivity index (χ3n) is 2.36. The van der Waals surface area contributed by atoms with Gasteiger partial charge in [-0.1, -0.05) is 0 Å². The molecule has 0 saturated heterocycles. The van der Waals surface area contributed by atoms with E-state index in [0.29, 0.717) is 50.4 Å². The molecule has 20 heavy (non-hydrogen) atoms. The summed E-state index contributed by atoms with van der Waals surface area (Å²) in [4.78, 5) is 8.52. The van der Waals surface area contributed by atoms with Crippen LogP contribution >= 0.6 is 0 Å². The summed E-state index contributed by atoms with van der Waals surface area (Å²) in [5.41, 5.74) is 2.50. The Balaban J connectivity index is 2.42. The lowest BCUT2D eigenvalue weighted by Gasteiger charge is -2.10.